The molecule has 28 heavy (non-hydrogen) atoms. The highest BCUT2D eigenvalue weighted by Gasteiger charge is 2.53. The maximum atomic E-state index is 12.6. The molecule has 0 N–H and O–H groups in total. The van der Waals surface area contributed by atoms with Crippen LogP contribution < -0.4 is 10.6 Å². The minimum Gasteiger partial charge on any atom is -0.468 e. The Morgan fingerprint density at radius 2 is 1.32 bits per heavy atom. The van der Waals surface area contributed by atoms with E-state index >= 15 is 0 Å². The summed E-state index contributed by atoms with van der Waals surface area (Å²) >= 11 is 0. The van der Waals surface area contributed by atoms with Crippen molar-refractivity contribution in [1.29, 1.82) is 0 Å². The van der Waals surface area contributed by atoms with Gasteiger partial charge in [-0.15, -0.1) is 0 Å². The predicted octanol–water partition coefficient (Wildman–Crippen LogP) is 4.10. The molecule has 4 rings (SSSR count). The van der Waals surface area contributed by atoms with Crippen LogP contribution in [0.15, 0.2) is 103 Å². The first-order chi connectivity index (χ1) is 13.8. The van der Waals surface area contributed by atoms with E-state index in [-0.39, 0.29) is 5.97 Å². The zero-order valence-electron chi connectivity index (χ0n) is 15.6. The average Bonchev–Trinajstić information content (AvgIpc) is 3.51. The largest absolute Gasteiger partial charge is 0.468 e. The van der Waals surface area contributed by atoms with Crippen molar-refractivity contribution in [1.82, 2.24) is 0 Å². The number of rotatable bonds is 7. The maximum Gasteiger partial charge on any atom is 0.324 e. The van der Waals surface area contributed by atoms with E-state index in [4.69, 9.17) is 9.26 Å². The van der Waals surface area contributed by atoms with E-state index < -0.39 is 13.6 Å². The summed E-state index contributed by atoms with van der Waals surface area (Å²) in [6.07, 6.45) is 1.96. The molecule has 140 valence electrons. The molecule has 4 heteroatoms. The molecule has 0 saturated heterocycles. The van der Waals surface area contributed by atoms with Gasteiger partial charge in [0, 0.05) is 10.6 Å². The summed E-state index contributed by atoms with van der Waals surface area (Å²) in [6.45, 7) is 0.388. The molecule has 0 fully saturated rings. The number of hydrogen-bond acceptors (Lipinski definition) is 3. The Labute approximate surface area is 166 Å². The molecule has 0 amide bonds. The topological polar surface area (TPSA) is 35.5 Å². The molecule has 0 saturated carbocycles. The van der Waals surface area contributed by atoms with E-state index in [1.807, 2.05) is 72.8 Å². The summed E-state index contributed by atoms with van der Waals surface area (Å²) in [5.41, 5.74) is 1.08. The molecule has 1 aliphatic rings. The molecular weight excluding hydrogens is 367 g/mol. The van der Waals surface area contributed by atoms with E-state index in [0.29, 0.717) is 6.61 Å². The summed E-state index contributed by atoms with van der Waals surface area (Å²) in [4.78, 5) is 12.6. The number of hydrogen-bond donors (Lipinski definition) is 0. The van der Waals surface area contributed by atoms with Gasteiger partial charge in [0.25, 0.3) is 0 Å². The fourth-order valence-corrected chi connectivity index (χ4v) is 5.13. The van der Waals surface area contributed by atoms with Crippen LogP contribution >= 0.6 is 8.15 Å². The lowest BCUT2D eigenvalue weighted by Gasteiger charge is -2.20. The molecule has 0 bridgehead atoms. The van der Waals surface area contributed by atoms with Gasteiger partial charge in [-0.25, -0.2) is 0 Å². The summed E-state index contributed by atoms with van der Waals surface area (Å²) in [7, 11) is 0.459. The fraction of sp³-hybridized carbons (Fsp3) is 0.125. The Hall–Kier alpha value is -2.74. The van der Waals surface area contributed by atoms with Crippen LogP contribution in [-0.2, 0) is 19.5 Å². The summed E-state index contributed by atoms with van der Waals surface area (Å²) < 4.78 is 11.5. The Morgan fingerprint density at radius 3 is 1.82 bits per heavy atom. The smallest absolute Gasteiger partial charge is 0.324 e. The Morgan fingerprint density at radius 1 is 0.821 bits per heavy atom. The van der Waals surface area contributed by atoms with Crippen molar-refractivity contribution in [3.8, 4) is 0 Å². The number of benzene rings is 3. The van der Waals surface area contributed by atoms with Crippen LogP contribution in [0.2, 0.25) is 0 Å². The van der Waals surface area contributed by atoms with Gasteiger partial charge in [-0.1, -0.05) is 97.1 Å². The van der Waals surface area contributed by atoms with Crippen molar-refractivity contribution < 1.29 is 14.1 Å². The molecule has 1 unspecified atom stereocenters. The van der Waals surface area contributed by atoms with E-state index in [1.54, 1.807) is 0 Å². The van der Waals surface area contributed by atoms with Crippen LogP contribution in [0, 0.1) is 0 Å². The molecule has 0 heterocycles. The lowest BCUT2D eigenvalue weighted by atomic mass is 9.90. The lowest BCUT2D eigenvalue weighted by molar-refractivity contribution is -0.143. The Kier molecular flexibility index (Phi) is 5.38. The van der Waals surface area contributed by atoms with E-state index in [2.05, 4.69) is 24.3 Å². The molecular formula is C24H21O3P. The van der Waals surface area contributed by atoms with Gasteiger partial charge < -0.3 is 9.26 Å². The van der Waals surface area contributed by atoms with Crippen LogP contribution in [0.5, 0.6) is 0 Å². The highest BCUT2D eigenvalue weighted by molar-refractivity contribution is 7.68. The summed E-state index contributed by atoms with van der Waals surface area (Å²) in [6, 6.07) is 30.2. The minimum atomic E-state index is -0.970. The zero-order chi connectivity index (χ0) is 19.4. The third-order valence-corrected chi connectivity index (χ3v) is 6.80. The molecule has 0 spiro atoms. The van der Waals surface area contributed by atoms with Gasteiger partial charge in [-0.3, -0.25) is 4.79 Å². The normalized spacial score (nSPS) is 17.9. The third kappa shape index (κ3) is 3.52. The van der Waals surface area contributed by atoms with Crippen molar-refractivity contribution in [2.24, 2.45) is 0 Å². The molecule has 0 aromatic heterocycles. The molecule has 0 radical (unpaired) electrons. The van der Waals surface area contributed by atoms with Gasteiger partial charge in [-0.05, 0) is 11.1 Å². The molecule has 3 aromatic rings. The van der Waals surface area contributed by atoms with E-state index in [9.17, 15) is 4.79 Å². The second kappa shape index (κ2) is 8.10. The number of carbonyl (C=O) groups is 1. The van der Waals surface area contributed by atoms with Crippen LogP contribution in [0.3, 0.4) is 0 Å². The van der Waals surface area contributed by atoms with Crippen LogP contribution in [0.1, 0.15) is 5.56 Å². The molecule has 0 aliphatic heterocycles. The summed E-state index contributed by atoms with van der Waals surface area (Å²) in [5, 5.41) is 2.29. The van der Waals surface area contributed by atoms with E-state index in [0.717, 1.165) is 21.7 Å². The van der Waals surface area contributed by atoms with Crippen molar-refractivity contribution in [3.63, 3.8) is 0 Å². The van der Waals surface area contributed by atoms with Crippen LogP contribution in [0.25, 0.3) is 0 Å². The van der Waals surface area contributed by atoms with Crippen molar-refractivity contribution in [2.75, 3.05) is 13.7 Å². The first-order valence-electron chi connectivity index (χ1n) is 9.15. The zero-order valence-corrected chi connectivity index (χ0v) is 16.5. The maximum absolute atomic E-state index is 12.6. The Bertz CT molecular complexity index is 931. The molecule has 3 nitrogen and oxygen atoms in total. The van der Waals surface area contributed by atoms with Gasteiger partial charge in [0.15, 0.2) is 0 Å². The van der Waals surface area contributed by atoms with Crippen LogP contribution in [0.4, 0.5) is 0 Å². The van der Waals surface area contributed by atoms with Gasteiger partial charge in [-0.2, -0.15) is 0 Å². The lowest BCUT2D eigenvalue weighted by Crippen LogP contribution is -2.27. The first kappa shape index (κ1) is 18.6. The number of ether oxygens (including phenoxy) is 1. The number of esters is 1. The molecule has 1 aliphatic carbocycles. The molecule has 1 atom stereocenters. The highest BCUT2D eigenvalue weighted by Crippen LogP contribution is 2.49. The van der Waals surface area contributed by atoms with Gasteiger partial charge in [0.1, 0.15) is 5.41 Å². The standard InChI is InChI=1S/C24H21O3P/c1-26-23(25)24(19-11-5-2-6-12-19)17-20(24)18-27-28(21-13-7-3-8-14-21)22-15-9-4-10-16-22/h2-17H,18H2,1H3. The second-order valence-electron chi connectivity index (χ2n) is 6.57. The van der Waals surface area contributed by atoms with Gasteiger partial charge in [0.05, 0.1) is 21.9 Å². The predicted molar refractivity (Wildman–Crippen MR) is 113 cm³/mol. The van der Waals surface area contributed by atoms with Gasteiger partial charge in [0.2, 0.25) is 0 Å². The quantitative estimate of drug-likeness (QED) is 0.347. The van der Waals surface area contributed by atoms with Crippen molar-refractivity contribution >= 4 is 24.7 Å². The van der Waals surface area contributed by atoms with Gasteiger partial charge >= 0.3 is 5.97 Å². The number of methoxy groups -OCH3 is 1. The summed E-state index contributed by atoms with van der Waals surface area (Å²) in [5.74, 6) is -0.263. The molecule has 3 aromatic carbocycles. The Balaban J connectivity index is 1.56. The van der Waals surface area contributed by atoms with Crippen LogP contribution in [-0.4, -0.2) is 19.7 Å². The first-order valence-corrected chi connectivity index (χ1v) is 10.4. The minimum absolute atomic E-state index is 0.263. The van der Waals surface area contributed by atoms with Crippen molar-refractivity contribution in [3.05, 3.63) is 108 Å². The third-order valence-electron chi connectivity index (χ3n) is 4.88. The average molecular weight is 388 g/mol. The highest BCUT2D eigenvalue weighted by atomic mass is 31.1. The monoisotopic (exact) mass is 388 g/mol. The fourth-order valence-electron chi connectivity index (χ4n) is 3.38. The van der Waals surface area contributed by atoms with E-state index in [1.165, 1.54) is 7.11 Å². The SMILES string of the molecule is COC(=O)C1(c2ccccc2)C=C1COP(c1ccccc1)c1ccccc1. The van der Waals surface area contributed by atoms with Crippen molar-refractivity contribution in [2.45, 2.75) is 5.41 Å². The number of carbonyl (C=O) groups excluding carboxylic acids is 1. The second-order valence-corrected chi connectivity index (χ2v) is 8.45.